The molecule has 0 aromatic carbocycles. The van der Waals surface area contributed by atoms with E-state index in [0.29, 0.717) is 30.1 Å². The number of rotatable bonds is 2. The van der Waals surface area contributed by atoms with Crippen molar-refractivity contribution in [1.29, 1.82) is 0 Å². The van der Waals surface area contributed by atoms with Crippen LogP contribution in [0.5, 0.6) is 0 Å². The van der Waals surface area contributed by atoms with Crippen LogP contribution in [0.2, 0.25) is 0 Å². The average Bonchev–Trinajstić information content (AvgIpc) is 2.98. The Hall–Kier alpha value is -1.60. The van der Waals surface area contributed by atoms with E-state index in [1.165, 1.54) is 11.3 Å². The normalized spacial score (nSPS) is 16.4. The van der Waals surface area contributed by atoms with Crippen molar-refractivity contribution in [3.05, 3.63) is 11.4 Å². The summed E-state index contributed by atoms with van der Waals surface area (Å²) in [4.78, 5) is 6.40. The van der Waals surface area contributed by atoms with Crippen LogP contribution in [0.15, 0.2) is 16.0 Å². The van der Waals surface area contributed by atoms with Gasteiger partial charge in [-0.1, -0.05) is 0 Å². The molecule has 7 heteroatoms. The Balaban J connectivity index is 1.85. The zero-order valence-electron chi connectivity index (χ0n) is 9.13. The molecule has 1 aliphatic heterocycles. The van der Waals surface area contributed by atoms with E-state index in [9.17, 15) is 0 Å². The fraction of sp³-hybridized carbons (Fsp3) is 0.400. The summed E-state index contributed by atoms with van der Waals surface area (Å²) in [5.74, 6) is 1.08. The van der Waals surface area contributed by atoms with Gasteiger partial charge in [-0.15, -0.1) is 11.3 Å². The van der Waals surface area contributed by atoms with Crippen molar-refractivity contribution >= 4 is 22.3 Å². The molecular formula is C10H12N4O2S. The maximum absolute atomic E-state index is 5.82. The van der Waals surface area contributed by atoms with Crippen molar-refractivity contribution in [2.45, 2.75) is 0 Å². The van der Waals surface area contributed by atoms with Gasteiger partial charge < -0.3 is 19.9 Å². The molecule has 3 rings (SSSR count). The smallest absolute Gasteiger partial charge is 0.266 e. The number of nitrogens with zero attached hydrogens (tertiary/aromatic N) is 3. The molecule has 2 aromatic heterocycles. The second-order valence-electron chi connectivity index (χ2n) is 3.70. The van der Waals surface area contributed by atoms with E-state index in [1.54, 1.807) is 0 Å². The number of thiophene rings is 1. The summed E-state index contributed by atoms with van der Waals surface area (Å²) in [5.41, 5.74) is 6.62. The minimum absolute atomic E-state index is 0.477. The van der Waals surface area contributed by atoms with Crippen LogP contribution < -0.4 is 10.6 Å². The van der Waals surface area contributed by atoms with Gasteiger partial charge >= 0.3 is 0 Å². The molecule has 3 heterocycles. The number of anilines is 2. The molecule has 0 atom stereocenters. The SMILES string of the molecule is Nc1sccc1-c1nc(N2CCOCC2)no1. The standard InChI is InChI=1S/C10H12N4O2S/c11-8-7(1-6-17-8)9-12-10(13-16-9)14-2-4-15-5-3-14/h1,6H,2-5,11H2. The van der Waals surface area contributed by atoms with Crippen LogP contribution in [-0.2, 0) is 4.74 Å². The lowest BCUT2D eigenvalue weighted by Gasteiger charge is -2.24. The Bertz CT molecular complexity index is 504. The van der Waals surface area contributed by atoms with Crippen LogP contribution in [0.4, 0.5) is 10.9 Å². The summed E-state index contributed by atoms with van der Waals surface area (Å²) in [6, 6.07) is 1.89. The van der Waals surface area contributed by atoms with E-state index < -0.39 is 0 Å². The predicted octanol–water partition coefficient (Wildman–Crippen LogP) is 1.22. The highest BCUT2D eigenvalue weighted by Gasteiger charge is 2.18. The van der Waals surface area contributed by atoms with Gasteiger partial charge in [-0.25, -0.2) is 0 Å². The summed E-state index contributed by atoms with van der Waals surface area (Å²) in [5, 5.41) is 6.57. The van der Waals surface area contributed by atoms with Crippen molar-refractivity contribution in [1.82, 2.24) is 10.1 Å². The van der Waals surface area contributed by atoms with Gasteiger partial charge in [0.1, 0.15) is 0 Å². The van der Waals surface area contributed by atoms with Crippen molar-refractivity contribution in [2.24, 2.45) is 0 Å². The molecule has 6 nitrogen and oxygen atoms in total. The lowest BCUT2D eigenvalue weighted by Crippen LogP contribution is -2.36. The molecule has 0 radical (unpaired) electrons. The van der Waals surface area contributed by atoms with E-state index >= 15 is 0 Å². The van der Waals surface area contributed by atoms with Gasteiger partial charge in [0.05, 0.1) is 23.8 Å². The first-order valence-corrected chi connectivity index (χ1v) is 6.22. The highest BCUT2D eigenvalue weighted by atomic mass is 32.1. The van der Waals surface area contributed by atoms with E-state index in [1.807, 2.05) is 16.3 Å². The van der Waals surface area contributed by atoms with Crippen LogP contribution in [0.1, 0.15) is 0 Å². The van der Waals surface area contributed by atoms with Crippen LogP contribution in [-0.4, -0.2) is 36.4 Å². The number of hydrogen-bond acceptors (Lipinski definition) is 7. The molecule has 2 aromatic rings. The van der Waals surface area contributed by atoms with Crippen LogP contribution in [0.3, 0.4) is 0 Å². The third-order valence-electron chi connectivity index (χ3n) is 2.63. The summed E-state index contributed by atoms with van der Waals surface area (Å²) < 4.78 is 10.5. The van der Waals surface area contributed by atoms with Gasteiger partial charge in [-0.2, -0.15) is 4.98 Å². The molecule has 0 aliphatic carbocycles. The maximum atomic E-state index is 5.82. The van der Waals surface area contributed by atoms with Crippen LogP contribution in [0.25, 0.3) is 11.5 Å². The largest absolute Gasteiger partial charge is 0.390 e. The number of nitrogen functional groups attached to an aromatic ring is 1. The van der Waals surface area contributed by atoms with Crippen LogP contribution in [0, 0.1) is 0 Å². The van der Waals surface area contributed by atoms with Gasteiger partial charge in [0.2, 0.25) is 0 Å². The Labute approximate surface area is 102 Å². The minimum Gasteiger partial charge on any atom is -0.390 e. The van der Waals surface area contributed by atoms with Gasteiger partial charge in [0, 0.05) is 13.1 Å². The Morgan fingerprint density at radius 3 is 2.88 bits per heavy atom. The fourth-order valence-corrected chi connectivity index (χ4v) is 2.35. The van der Waals surface area contributed by atoms with Gasteiger partial charge in [-0.3, -0.25) is 0 Å². The Morgan fingerprint density at radius 2 is 2.18 bits per heavy atom. The van der Waals surface area contributed by atoms with Gasteiger partial charge in [0.25, 0.3) is 11.8 Å². The maximum Gasteiger partial charge on any atom is 0.266 e. The van der Waals surface area contributed by atoms with E-state index in [0.717, 1.165) is 18.7 Å². The monoisotopic (exact) mass is 252 g/mol. The lowest BCUT2D eigenvalue weighted by molar-refractivity contribution is 0.121. The molecule has 0 bridgehead atoms. The molecular weight excluding hydrogens is 240 g/mol. The summed E-state index contributed by atoms with van der Waals surface area (Å²) in [6.45, 7) is 2.98. The van der Waals surface area contributed by atoms with E-state index in [2.05, 4.69) is 10.1 Å². The van der Waals surface area contributed by atoms with E-state index in [-0.39, 0.29) is 0 Å². The number of morpholine rings is 1. The predicted molar refractivity (Wildman–Crippen MR) is 65.1 cm³/mol. The number of ether oxygens (including phenoxy) is 1. The first-order valence-electron chi connectivity index (χ1n) is 5.34. The first-order chi connectivity index (χ1) is 8.34. The topological polar surface area (TPSA) is 77.4 Å². The molecule has 17 heavy (non-hydrogen) atoms. The summed E-state index contributed by atoms with van der Waals surface area (Å²) in [6.07, 6.45) is 0. The number of aromatic nitrogens is 2. The Kier molecular flexibility index (Phi) is 2.69. The molecule has 0 saturated carbocycles. The molecule has 0 spiro atoms. The Morgan fingerprint density at radius 1 is 1.35 bits per heavy atom. The van der Waals surface area contributed by atoms with Gasteiger partial charge in [0.15, 0.2) is 0 Å². The quantitative estimate of drug-likeness (QED) is 0.865. The van der Waals surface area contributed by atoms with Crippen molar-refractivity contribution in [3.63, 3.8) is 0 Å². The van der Waals surface area contributed by atoms with Crippen molar-refractivity contribution < 1.29 is 9.26 Å². The third-order valence-corrected chi connectivity index (χ3v) is 3.38. The van der Waals surface area contributed by atoms with Crippen molar-refractivity contribution in [2.75, 3.05) is 36.9 Å². The van der Waals surface area contributed by atoms with Crippen LogP contribution >= 0.6 is 11.3 Å². The average molecular weight is 252 g/mol. The molecule has 2 N–H and O–H groups in total. The van der Waals surface area contributed by atoms with Gasteiger partial charge in [-0.05, 0) is 16.6 Å². The second kappa shape index (κ2) is 4.34. The highest BCUT2D eigenvalue weighted by Crippen LogP contribution is 2.30. The second-order valence-corrected chi connectivity index (χ2v) is 4.65. The molecule has 90 valence electrons. The van der Waals surface area contributed by atoms with E-state index in [4.69, 9.17) is 15.0 Å². The zero-order chi connectivity index (χ0) is 11.7. The molecule has 1 fully saturated rings. The molecule has 1 saturated heterocycles. The minimum atomic E-state index is 0.477. The lowest BCUT2D eigenvalue weighted by atomic mass is 10.3. The summed E-state index contributed by atoms with van der Waals surface area (Å²) >= 11 is 1.46. The van der Waals surface area contributed by atoms with Crippen molar-refractivity contribution in [3.8, 4) is 11.5 Å². The first kappa shape index (κ1) is 10.5. The molecule has 0 amide bonds. The molecule has 0 unspecified atom stereocenters. The number of hydrogen-bond donors (Lipinski definition) is 1. The highest BCUT2D eigenvalue weighted by molar-refractivity contribution is 7.14. The fourth-order valence-electron chi connectivity index (χ4n) is 1.71. The number of nitrogens with two attached hydrogens (primary N) is 1. The molecule has 1 aliphatic rings. The zero-order valence-corrected chi connectivity index (χ0v) is 9.94. The third kappa shape index (κ3) is 1.98. The summed E-state index contributed by atoms with van der Waals surface area (Å²) in [7, 11) is 0.